The van der Waals surface area contributed by atoms with Crippen LogP contribution >= 0.6 is 23.2 Å². The monoisotopic (exact) mass is 496 g/mol. The maximum atomic E-state index is 13.0. The summed E-state index contributed by atoms with van der Waals surface area (Å²) >= 11 is 12.2. The van der Waals surface area contributed by atoms with Gasteiger partial charge in [-0.25, -0.2) is 13.4 Å². The Bertz CT molecular complexity index is 1220. The Morgan fingerprint density at radius 2 is 1.88 bits per heavy atom. The fraction of sp³-hybridized carbons (Fsp3) is 0.409. The number of ether oxygens (including phenoxy) is 1. The van der Waals surface area contributed by atoms with E-state index in [1.165, 1.54) is 4.31 Å². The summed E-state index contributed by atoms with van der Waals surface area (Å²) in [4.78, 5) is 5.01. The average molecular weight is 497 g/mol. The molecule has 3 aromatic rings. The molecule has 2 heterocycles. The molecule has 0 unspecified atom stereocenters. The number of sulfonamides is 1. The van der Waals surface area contributed by atoms with Gasteiger partial charge in [0.2, 0.25) is 10.0 Å². The van der Waals surface area contributed by atoms with E-state index < -0.39 is 10.0 Å². The number of imidazole rings is 1. The van der Waals surface area contributed by atoms with Gasteiger partial charge < -0.3 is 14.6 Å². The molecular formula is C22H26Cl2N4O3S. The second-order valence-electron chi connectivity index (χ2n) is 7.72. The zero-order valence-corrected chi connectivity index (χ0v) is 20.3. The molecule has 32 heavy (non-hydrogen) atoms. The Morgan fingerprint density at radius 1 is 1.12 bits per heavy atom. The van der Waals surface area contributed by atoms with Crippen LogP contribution in [0.4, 0.5) is 0 Å². The number of rotatable bonds is 7. The third-order valence-electron chi connectivity index (χ3n) is 5.73. The van der Waals surface area contributed by atoms with Gasteiger partial charge >= 0.3 is 0 Å². The van der Waals surface area contributed by atoms with Gasteiger partial charge in [-0.05, 0) is 49.7 Å². The summed E-state index contributed by atoms with van der Waals surface area (Å²) in [5, 5.41) is 4.52. The van der Waals surface area contributed by atoms with Gasteiger partial charge in [-0.2, -0.15) is 4.31 Å². The minimum Gasteiger partial charge on any atom is -0.379 e. The van der Waals surface area contributed by atoms with Crippen LogP contribution in [0.15, 0.2) is 41.3 Å². The summed E-state index contributed by atoms with van der Waals surface area (Å²) in [5.74, 6) is 0.843. The van der Waals surface area contributed by atoms with E-state index in [0.717, 1.165) is 23.4 Å². The highest BCUT2D eigenvalue weighted by molar-refractivity contribution is 7.89. The lowest BCUT2D eigenvalue weighted by Crippen LogP contribution is -2.40. The highest BCUT2D eigenvalue weighted by Crippen LogP contribution is 2.27. The van der Waals surface area contributed by atoms with E-state index in [1.54, 1.807) is 18.2 Å². The van der Waals surface area contributed by atoms with Crippen LogP contribution in [-0.4, -0.2) is 48.6 Å². The van der Waals surface area contributed by atoms with Crippen molar-refractivity contribution >= 4 is 44.3 Å². The van der Waals surface area contributed by atoms with Crippen molar-refractivity contribution in [3.63, 3.8) is 0 Å². The van der Waals surface area contributed by atoms with Gasteiger partial charge in [0.15, 0.2) is 0 Å². The first kappa shape index (κ1) is 23.5. The highest BCUT2D eigenvalue weighted by atomic mass is 35.5. The van der Waals surface area contributed by atoms with Crippen LogP contribution in [0, 0.1) is 0 Å². The van der Waals surface area contributed by atoms with Crippen molar-refractivity contribution in [1.29, 1.82) is 0 Å². The van der Waals surface area contributed by atoms with Crippen LogP contribution < -0.4 is 5.32 Å². The Labute approximate surface area is 198 Å². The predicted octanol–water partition coefficient (Wildman–Crippen LogP) is 4.23. The number of hydrogen-bond donors (Lipinski definition) is 1. The average Bonchev–Trinajstić information content (AvgIpc) is 3.16. The molecule has 1 N–H and O–H groups in total. The molecule has 1 fully saturated rings. The third-order valence-corrected chi connectivity index (χ3v) is 8.37. The first-order chi connectivity index (χ1) is 15.3. The van der Waals surface area contributed by atoms with Crippen molar-refractivity contribution < 1.29 is 13.2 Å². The first-order valence-corrected chi connectivity index (χ1v) is 12.8. The van der Waals surface area contributed by atoms with E-state index in [2.05, 4.69) is 9.88 Å². The zero-order chi connectivity index (χ0) is 22.9. The molecule has 2 aromatic carbocycles. The Morgan fingerprint density at radius 3 is 2.56 bits per heavy atom. The minimum atomic E-state index is -3.57. The molecule has 0 saturated carbocycles. The first-order valence-electron chi connectivity index (χ1n) is 10.6. The molecule has 0 amide bonds. The smallest absolute Gasteiger partial charge is 0.243 e. The second kappa shape index (κ2) is 9.67. The Kier molecular flexibility index (Phi) is 7.09. The molecule has 172 valence electrons. The van der Waals surface area contributed by atoms with Crippen LogP contribution in [0.2, 0.25) is 10.0 Å². The van der Waals surface area contributed by atoms with Crippen LogP contribution in [0.25, 0.3) is 11.0 Å². The van der Waals surface area contributed by atoms with E-state index in [1.807, 2.05) is 32.0 Å². The van der Waals surface area contributed by atoms with E-state index in [0.29, 0.717) is 48.4 Å². The number of fused-ring (bicyclic) bond motifs is 1. The number of hydrogen-bond acceptors (Lipinski definition) is 5. The summed E-state index contributed by atoms with van der Waals surface area (Å²) in [6.45, 7) is 6.91. The second-order valence-corrected chi connectivity index (χ2v) is 10.5. The van der Waals surface area contributed by atoms with Gasteiger partial charge in [-0.1, -0.05) is 29.3 Å². The fourth-order valence-electron chi connectivity index (χ4n) is 3.89. The lowest BCUT2D eigenvalue weighted by molar-refractivity contribution is 0.0730. The van der Waals surface area contributed by atoms with Crippen LogP contribution in [0.3, 0.4) is 0 Å². The molecule has 10 heteroatoms. The normalized spacial score (nSPS) is 16.5. The van der Waals surface area contributed by atoms with E-state index in [4.69, 9.17) is 32.9 Å². The molecule has 1 aliphatic heterocycles. The van der Waals surface area contributed by atoms with Crippen LogP contribution in [0.1, 0.15) is 31.3 Å². The summed E-state index contributed by atoms with van der Waals surface area (Å²) in [6, 6.07) is 10.8. The maximum Gasteiger partial charge on any atom is 0.243 e. The summed E-state index contributed by atoms with van der Waals surface area (Å²) in [6.07, 6.45) is 0. The number of aromatic nitrogens is 2. The lowest BCUT2D eigenvalue weighted by Gasteiger charge is -2.26. The highest BCUT2D eigenvalue weighted by Gasteiger charge is 2.27. The largest absolute Gasteiger partial charge is 0.379 e. The molecular weight excluding hydrogens is 471 g/mol. The standard InChI is InChI=1S/C22H26Cl2N4O3S/c1-3-28-21-7-5-17(32(29,30)27-8-10-31-11-9-27)13-20(21)26-22(28)14-25-15(2)16-4-6-18(23)19(24)12-16/h4-7,12-13,15,25H,3,8-11,14H2,1-2H3/t15-/m1/s1. The maximum absolute atomic E-state index is 13.0. The number of nitrogens with zero attached hydrogens (tertiary/aromatic N) is 3. The molecule has 1 atom stereocenters. The van der Waals surface area contributed by atoms with Gasteiger partial charge in [-0.15, -0.1) is 0 Å². The van der Waals surface area contributed by atoms with Gasteiger partial charge in [-0.3, -0.25) is 0 Å². The Balaban J connectivity index is 1.57. The Hall–Kier alpha value is -1.68. The van der Waals surface area contributed by atoms with Crippen molar-refractivity contribution in [3.8, 4) is 0 Å². The topological polar surface area (TPSA) is 76.5 Å². The number of nitrogens with one attached hydrogen (secondary N) is 1. The molecule has 1 aliphatic rings. The summed E-state index contributed by atoms with van der Waals surface area (Å²) in [5.41, 5.74) is 2.60. The molecule has 0 spiro atoms. The predicted molar refractivity (Wildman–Crippen MR) is 127 cm³/mol. The van der Waals surface area contributed by atoms with Crippen LogP contribution in [0.5, 0.6) is 0 Å². The number of morpholine rings is 1. The van der Waals surface area contributed by atoms with Gasteiger partial charge in [0.1, 0.15) is 5.82 Å². The van der Waals surface area contributed by atoms with Crippen molar-refractivity contribution in [2.24, 2.45) is 0 Å². The van der Waals surface area contributed by atoms with Crippen molar-refractivity contribution in [3.05, 3.63) is 57.8 Å². The number of aryl methyl sites for hydroxylation is 1. The number of halogens is 2. The molecule has 4 rings (SSSR count). The third kappa shape index (κ3) is 4.66. The summed E-state index contributed by atoms with van der Waals surface area (Å²) in [7, 11) is -3.57. The van der Waals surface area contributed by atoms with E-state index in [9.17, 15) is 8.42 Å². The van der Waals surface area contributed by atoms with Gasteiger partial charge in [0.05, 0.1) is 45.7 Å². The van der Waals surface area contributed by atoms with Crippen LogP contribution in [-0.2, 0) is 27.8 Å². The van der Waals surface area contributed by atoms with Crippen molar-refractivity contribution in [2.45, 2.75) is 37.9 Å². The quantitative estimate of drug-likeness (QED) is 0.529. The van der Waals surface area contributed by atoms with Crippen molar-refractivity contribution in [2.75, 3.05) is 26.3 Å². The zero-order valence-electron chi connectivity index (χ0n) is 18.0. The SMILES string of the molecule is CCn1c(CN[C@H](C)c2ccc(Cl)c(Cl)c2)nc2cc(S(=O)(=O)N3CCOCC3)ccc21. The molecule has 0 bridgehead atoms. The molecule has 0 radical (unpaired) electrons. The lowest BCUT2D eigenvalue weighted by atomic mass is 10.1. The van der Waals surface area contributed by atoms with E-state index >= 15 is 0 Å². The fourth-order valence-corrected chi connectivity index (χ4v) is 5.62. The van der Waals surface area contributed by atoms with Gasteiger partial charge in [0.25, 0.3) is 0 Å². The number of benzene rings is 2. The van der Waals surface area contributed by atoms with E-state index in [-0.39, 0.29) is 10.9 Å². The minimum absolute atomic E-state index is 0.0344. The molecule has 1 aromatic heterocycles. The molecule has 0 aliphatic carbocycles. The van der Waals surface area contributed by atoms with Crippen molar-refractivity contribution in [1.82, 2.24) is 19.2 Å². The summed E-state index contributed by atoms with van der Waals surface area (Å²) < 4.78 is 34.9. The molecule has 1 saturated heterocycles. The molecule has 7 nitrogen and oxygen atoms in total. The van der Waals surface area contributed by atoms with Gasteiger partial charge in [0, 0.05) is 25.7 Å².